The zero-order valence-electron chi connectivity index (χ0n) is 14.1. The molecule has 0 fully saturated rings. The Morgan fingerprint density at radius 3 is 1.95 bits per heavy atom. The van der Waals surface area contributed by atoms with Crippen molar-refractivity contribution in [3.05, 3.63) is 35.4 Å². The van der Waals surface area contributed by atoms with Gasteiger partial charge in [-0.2, -0.15) is 0 Å². The van der Waals surface area contributed by atoms with Crippen LogP contribution in [0.5, 0.6) is 0 Å². The number of benzene rings is 1. The summed E-state index contributed by atoms with van der Waals surface area (Å²) in [5.74, 6) is -0.759. The van der Waals surface area contributed by atoms with Crippen LogP contribution in [0.4, 0.5) is 0 Å². The number of hydrogen-bond acceptors (Lipinski definition) is 2. The first-order chi connectivity index (χ1) is 9.54. The molecule has 0 saturated carbocycles. The molecule has 0 aliphatic carbocycles. The van der Waals surface area contributed by atoms with E-state index in [0.717, 1.165) is 12.1 Å². The van der Waals surface area contributed by atoms with Gasteiger partial charge in [-0.3, -0.25) is 9.69 Å². The van der Waals surface area contributed by atoms with E-state index in [1.807, 2.05) is 77.8 Å². The molecule has 3 heteroatoms. The summed E-state index contributed by atoms with van der Waals surface area (Å²) in [6.45, 7) is 12.7. The van der Waals surface area contributed by atoms with E-state index in [4.69, 9.17) is 5.11 Å². The summed E-state index contributed by atoms with van der Waals surface area (Å²) in [6, 6.07) is 7.58. The molecule has 0 amide bonds. The lowest BCUT2D eigenvalue weighted by molar-refractivity contribution is -0.142. The van der Waals surface area contributed by atoms with Gasteiger partial charge in [-0.25, -0.2) is 0 Å². The van der Waals surface area contributed by atoms with Gasteiger partial charge in [-0.15, -0.1) is 0 Å². The van der Waals surface area contributed by atoms with E-state index in [1.54, 1.807) is 0 Å². The van der Waals surface area contributed by atoms with Gasteiger partial charge in [0.2, 0.25) is 0 Å². The molecule has 0 aromatic heterocycles. The van der Waals surface area contributed by atoms with Crippen molar-refractivity contribution in [2.24, 2.45) is 0 Å². The van der Waals surface area contributed by atoms with Crippen molar-refractivity contribution in [2.45, 2.75) is 54.0 Å². The topological polar surface area (TPSA) is 40.5 Å². The average Bonchev–Trinajstić information content (AvgIpc) is 2.49. The minimum atomic E-state index is -0.759. The molecule has 0 bridgehead atoms. The summed E-state index contributed by atoms with van der Waals surface area (Å²) in [5.41, 5.74) is 2.26. The van der Waals surface area contributed by atoms with Gasteiger partial charge >= 0.3 is 5.97 Å². The van der Waals surface area contributed by atoms with Crippen LogP contribution in [0, 0.1) is 6.92 Å². The van der Waals surface area contributed by atoms with Gasteiger partial charge in [-0.1, -0.05) is 64.4 Å². The lowest BCUT2D eigenvalue weighted by Gasteiger charge is -2.23. The fourth-order valence-electron chi connectivity index (χ4n) is 1.60. The van der Waals surface area contributed by atoms with Crippen LogP contribution in [0.15, 0.2) is 24.3 Å². The largest absolute Gasteiger partial charge is 0.480 e. The van der Waals surface area contributed by atoms with Gasteiger partial charge in [0.25, 0.3) is 0 Å². The second-order valence-electron chi connectivity index (χ2n) is 4.12. The third-order valence-electron chi connectivity index (χ3n) is 2.87. The number of likely N-dealkylation sites (N-methyl/N-ethyl adjacent to an activating group) is 1. The Morgan fingerprint density at radius 2 is 1.60 bits per heavy atom. The normalized spacial score (nSPS) is 10.8. The van der Waals surface area contributed by atoms with Crippen molar-refractivity contribution >= 4 is 5.97 Å². The monoisotopic (exact) mass is 281 g/mol. The third kappa shape index (κ3) is 7.95. The molecule has 0 aliphatic heterocycles. The summed E-state index contributed by atoms with van der Waals surface area (Å²) in [5, 5.41) is 9.15. The molecule has 1 rings (SSSR count). The summed E-state index contributed by atoms with van der Waals surface area (Å²) in [6.07, 6.45) is 0.556. The number of rotatable bonds is 5. The van der Waals surface area contributed by atoms with Crippen molar-refractivity contribution in [3.8, 4) is 0 Å². The maximum Gasteiger partial charge on any atom is 0.321 e. The van der Waals surface area contributed by atoms with Crippen LogP contribution in [-0.2, 0) is 11.2 Å². The Labute approximate surface area is 124 Å². The van der Waals surface area contributed by atoms with Crippen molar-refractivity contribution in [2.75, 3.05) is 13.6 Å². The first kappa shape index (κ1) is 21.0. The highest BCUT2D eigenvalue weighted by molar-refractivity contribution is 5.73. The molecule has 1 N–H and O–H groups in total. The molecule has 0 radical (unpaired) electrons. The molecule has 1 atom stereocenters. The van der Waals surface area contributed by atoms with Crippen LogP contribution in [-0.4, -0.2) is 35.6 Å². The molecule has 116 valence electrons. The maximum absolute atomic E-state index is 11.1. The minimum Gasteiger partial charge on any atom is -0.480 e. The molecule has 3 nitrogen and oxygen atoms in total. The fourth-order valence-corrected chi connectivity index (χ4v) is 1.60. The van der Waals surface area contributed by atoms with Gasteiger partial charge < -0.3 is 5.11 Å². The fraction of sp³-hybridized carbons (Fsp3) is 0.588. The Kier molecular flexibility index (Phi) is 13.3. The minimum absolute atomic E-state index is 0.437. The summed E-state index contributed by atoms with van der Waals surface area (Å²) in [4.78, 5) is 13.0. The van der Waals surface area contributed by atoms with Gasteiger partial charge in [-0.05, 0) is 32.5 Å². The van der Waals surface area contributed by atoms with Gasteiger partial charge in [0, 0.05) is 0 Å². The summed E-state index contributed by atoms with van der Waals surface area (Å²) < 4.78 is 0. The number of aryl methyl sites for hydroxylation is 1. The van der Waals surface area contributed by atoms with Crippen LogP contribution in [0.1, 0.15) is 45.7 Å². The quantitative estimate of drug-likeness (QED) is 0.887. The number of nitrogens with zero attached hydrogens (tertiary/aromatic N) is 1. The average molecular weight is 281 g/mol. The zero-order valence-corrected chi connectivity index (χ0v) is 14.1. The van der Waals surface area contributed by atoms with Crippen LogP contribution < -0.4 is 0 Å². The van der Waals surface area contributed by atoms with E-state index in [2.05, 4.69) is 0 Å². The van der Waals surface area contributed by atoms with E-state index in [1.165, 1.54) is 5.56 Å². The van der Waals surface area contributed by atoms with Crippen molar-refractivity contribution < 1.29 is 9.90 Å². The Morgan fingerprint density at radius 1 is 1.15 bits per heavy atom. The zero-order chi connectivity index (χ0) is 16.1. The van der Waals surface area contributed by atoms with Crippen LogP contribution in [0.2, 0.25) is 0 Å². The number of aliphatic carboxylic acids is 1. The van der Waals surface area contributed by atoms with E-state index in [0.29, 0.717) is 6.42 Å². The molecule has 1 aromatic rings. The molecule has 0 aliphatic rings. The number of carbonyl (C=O) groups is 1. The van der Waals surface area contributed by atoms with Crippen LogP contribution >= 0.6 is 0 Å². The highest BCUT2D eigenvalue weighted by atomic mass is 16.4. The lowest BCUT2D eigenvalue weighted by Crippen LogP contribution is -2.39. The first-order valence-corrected chi connectivity index (χ1v) is 7.53. The van der Waals surface area contributed by atoms with Crippen molar-refractivity contribution in [1.29, 1.82) is 0 Å². The van der Waals surface area contributed by atoms with E-state index < -0.39 is 12.0 Å². The molecule has 20 heavy (non-hydrogen) atoms. The molecular weight excluding hydrogens is 250 g/mol. The number of hydrogen-bond donors (Lipinski definition) is 1. The molecule has 0 saturated heterocycles. The highest BCUT2D eigenvalue weighted by Crippen LogP contribution is 2.09. The first-order valence-electron chi connectivity index (χ1n) is 7.53. The number of carboxylic acids is 1. The van der Waals surface area contributed by atoms with Crippen molar-refractivity contribution in [3.63, 3.8) is 0 Å². The Balaban J connectivity index is 0. The number of carboxylic acid groups (broad SMARTS) is 1. The lowest BCUT2D eigenvalue weighted by atomic mass is 10.0. The third-order valence-corrected chi connectivity index (χ3v) is 2.87. The smallest absolute Gasteiger partial charge is 0.321 e. The SMILES string of the molecule is CC.CC.CCN(C)C(Cc1ccc(C)cc1)C(=O)O. The maximum atomic E-state index is 11.1. The second-order valence-corrected chi connectivity index (χ2v) is 4.12. The summed E-state index contributed by atoms with van der Waals surface area (Å²) >= 11 is 0. The standard InChI is InChI=1S/C13H19NO2.2C2H6/c1-4-14(3)12(13(15)16)9-11-7-5-10(2)6-8-11;2*1-2/h5-8,12H,4,9H2,1-3H3,(H,15,16);2*1-2H3. The van der Waals surface area contributed by atoms with E-state index >= 15 is 0 Å². The molecular formula is C17H31NO2. The van der Waals surface area contributed by atoms with Gasteiger partial charge in [0.05, 0.1) is 0 Å². The Bertz CT molecular complexity index is 347. The van der Waals surface area contributed by atoms with Crippen LogP contribution in [0.25, 0.3) is 0 Å². The Hall–Kier alpha value is -1.35. The van der Waals surface area contributed by atoms with E-state index in [9.17, 15) is 4.79 Å². The summed E-state index contributed by atoms with van der Waals surface area (Å²) in [7, 11) is 1.84. The van der Waals surface area contributed by atoms with Gasteiger partial charge in [0.1, 0.15) is 6.04 Å². The van der Waals surface area contributed by atoms with Crippen molar-refractivity contribution in [1.82, 2.24) is 4.90 Å². The van der Waals surface area contributed by atoms with E-state index in [-0.39, 0.29) is 0 Å². The predicted molar refractivity (Wildman–Crippen MR) is 87.3 cm³/mol. The van der Waals surface area contributed by atoms with Gasteiger partial charge in [0.15, 0.2) is 0 Å². The molecule has 1 unspecified atom stereocenters. The molecule has 1 aromatic carbocycles. The highest BCUT2D eigenvalue weighted by Gasteiger charge is 2.21. The molecule has 0 spiro atoms. The second kappa shape index (κ2) is 12.7. The van der Waals surface area contributed by atoms with Crippen LogP contribution in [0.3, 0.4) is 0 Å². The molecule has 0 heterocycles. The predicted octanol–water partition coefficient (Wildman–Crippen LogP) is 3.99.